The molecular formula is C21H22ClN3O5S4. The molecule has 1 aliphatic heterocycles. The number of thioether (sulfide) groups is 1. The lowest BCUT2D eigenvalue weighted by molar-refractivity contribution is -0.141. The van der Waals surface area contributed by atoms with Gasteiger partial charge in [0.1, 0.15) is 16.8 Å². The molecule has 3 heterocycles. The van der Waals surface area contributed by atoms with Crippen LogP contribution in [0.1, 0.15) is 19.3 Å². The number of benzene rings is 1. The van der Waals surface area contributed by atoms with Gasteiger partial charge in [0.05, 0.1) is 21.7 Å². The van der Waals surface area contributed by atoms with Crippen molar-refractivity contribution in [3.05, 3.63) is 39.5 Å². The molecule has 0 bridgehead atoms. The molecule has 3 aromatic rings. The smallest absolute Gasteiger partial charge is 0.325 e. The van der Waals surface area contributed by atoms with Gasteiger partial charge in [0.25, 0.3) is 15.9 Å². The van der Waals surface area contributed by atoms with E-state index in [1.165, 1.54) is 34.9 Å². The normalized spacial score (nSPS) is 17.9. The molecule has 1 amide bonds. The first-order valence-corrected chi connectivity index (χ1v) is 15.0. The van der Waals surface area contributed by atoms with Gasteiger partial charge in [-0.1, -0.05) is 29.4 Å². The number of rotatable bonds is 6. The van der Waals surface area contributed by atoms with E-state index in [9.17, 15) is 18.0 Å². The summed E-state index contributed by atoms with van der Waals surface area (Å²) >= 11 is 9.78. The fourth-order valence-corrected chi connectivity index (χ4v) is 8.62. The summed E-state index contributed by atoms with van der Waals surface area (Å²) in [5, 5.41) is 0. The third-order valence-electron chi connectivity index (χ3n) is 5.46. The van der Waals surface area contributed by atoms with E-state index in [1.807, 2.05) is 24.5 Å². The van der Waals surface area contributed by atoms with Crippen LogP contribution in [-0.4, -0.2) is 55.1 Å². The lowest BCUT2D eigenvalue weighted by atomic mass is 10.0. The Balaban J connectivity index is 1.76. The van der Waals surface area contributed by atoms with Crippen LogP contribution in [0.4, 0.5) is 0 Å². The second-order valence-electron chi connectivity index (χ2n) is 7.52. The first kappa shape index (κ1) is 25.4. The average molecular weight is 560 g/mol. The van der Waals surface area contributed by atoms with Crippen LogP contribution in [0.5, 0.6) is 0 Å². The molecule has 1 aromatic carbocycles. The lowest BCUT2D eigenvalue weighted by Crippen LogP contribution is -2.47. The highest BCUT2D eigenvalue weighted by Gasteiger charge is 2.38. The number of halogens is 1. The molecule has 0 saturated carbocycles. The van der Waals surface area contributed by atoms with Crippen molar-refractivity contribution in [2.45, 2.75) is 41.0 Å². The lowest BCUT2D eigenvalue weighted by Gasteiger charge is -2.31. The summed E-state index contributed by atoms with van der Waals surface area (Å²) in [7, 11) is -2.59. The van der Waals surface area contributed by atoms with Crippen LogP contribution in [0, 0.1) is 0 Å². The van der Waals surface area contributed by atoms with Gasteiger partial charge in [-0.3, -0.25) is 9.59 Å². The number of carbonyl (C=O) groups is 2. The molecule has 0 spiro atoms. The summed E-state index contributed by atoms with van der Waals surface area (Å²) in [4.78, 5) is 31.1. The third-order valence-corrected chi connectivity index (χ3v) is 10.8. The molecule has 4 rings (SSSR count). The summed E-state index contributed by atoms with van der Waals surface area (Å²) < 4.78 is 35.5. The SMILES string of the molecule is COC(=O)Cn1c(=NC(=O)C2CCCCN2S(=O)(=O)c2ccc(Cl)s2)sc2cc(SC)ccc21. The maximum atomic E-state index is 13.3. The summed E-state index contributed by atoms with van der Waals surface area (Å²) in [6, 6.07) is 7.84. The first-order valence-electron chi connectivity index (χ1n) is 10.3. The number of carbonyl (C=O) groups excluding carboxylic acids is 2. The van der Waals surface area contributed by atoms with E-state index in [2.05, 4.69) is 4.99 Å². The molecule has 34 heavy (non-hydrogen) atoms. The number of piperidine rings is 1. The molecule has 1 aliphatic rings. The number of thiazole rings is 1. The van der Waals surface area contributed by atoms with Crippen LogP contribution in [0.25, 0.3) is 10.2 Å². The molecule has 182 valence electrons. The number of sulfonamides is 1. The van der Waals surface area contributed by atoms with Gasteiger partial charge < -0.3 is 9.30 Å². The molecule has 1 atom stereocenters. The van der Waals surface area contributed by atoms with E-state index in [1.54, 1.807) is 16.3 Å². The zero-order chi connectivity index (χ0) is 24.5. The molecule has 8 nitrogen and oxygen atoms in total. The molecular weight excluding hydrogens is 538 g/mol. The van der Waals surface area contributed by atoms with Crippen LogP contribution in [0.2, 0.25) is 4.34 Å². The Bertz CT molecular complexity index is 1410. The van der Waals surface area contributed by atoms with Gasteiger partial charge in [0, 0.05) is 11.4 Å². The van der Waals surface area contributed by atoms with Crippen molar-refractivity contribution in [2.24, 2.45) is 4.99 Å². The number of methoxy groups -OCH3 is 1. The van der Waals surface area contributed by atoms with Crippen LogP contribution in [-0.2, 0) is 30.9 Å². The molecule has 1 saturated heterocycles. The zero-order valence-electron chi connectivity index (χ0n) is 18.4. The number of hydrogen-bond acceptors (Lipinski definition) is 8. The van der Waals surface area contributed by atoms with E-state index in [0.29, 0.717) is 22.0 Å². The van der Waals surface area contributed by atoms with Gasteiger partial charge in [-0.2, -0.15) is 9.30 Å². The number of thiophene rings is 1. The maximum Gasteiger partial charge on any atom is 0.325 e. The summed E-state index contributed by atoms with van der Waals surface area (Å²) in [6.07, 6.45) is 3.71. The second-order valence-corrected chi connectivity index (χ2v) is 13.2. The van der Waals surface area contributed by atoms with Gasteiger partial charge in [-0.25, -0.2) is 8.42 Å². The third kappa shape index (κ3) is 5.12. The summed E-state index contributed by atoms with van der Waals surface area (Å²) in [5.41, 5.74) is 0.751. The van der Waals surface area contributed by atoms with E-state index < -0.39 is 27.9 Å². The van der Waals surface area contributed by atoms with Crippen molar-refractivity contribution in [1.29, 1.82) is 0 Å². The molecule has 0 N–H and O–H groups in total. The highest BCUT2D eigenvalue weighted by Crippen LogP contribution is 2.32. The van der Waals surface area contributed by atoms with Crippen molar-refractivity contribution in [3.8, 4) is 0 Å². The first-order chi connectivity index (χ1) is 16.2. The topological polar surface area (TPSA) is 98.0 Å². The Labute approximate surface area is 214 Å². The van der Waals surface area contributed by atoms with Crippen molar-refractivity contribution < 1.29 is 22.7 Å². The number of aromatic nitrogens is 1. The number of esters is 1. The molecule has 2 aromatic heterocycles. The highest BCUT2D eigenvalue weighted by atomic mass is 35.5. The molecule has 1 fully saturated rings. The minimum Gasteiger partial charge on any atom is -0.468 e. The number of hydrogen-bond donors (Lipinski definition) is 0. The van der Waals surface area contributed by atoms with Crippen molar-refractivity contribution >= 4 is 78.2 Å². The monoisotopic (exact) mass is 559 g/mol. The van der Waals surface area contributed by atoms with Crippen molar-refractivity contribution in [2.75, 3.05) is 19.9 Å². The Morgan fingerprint density at radius 1 is 1.24 bits per heavy atom. The molecule has 0 radical (unpaired) electrons. The molecule has 1 unspecified atom stereocenters. The standard InChI is InChI=1S/C21H22ClN3O5S4/c1-30-18(26)12-24-14-7-6-13(31-2)11-16(14)32-21(24)23-20(27)15-5-3-4-10-25(15)34(28,29)19-9-8-17(22)33-19/h6-9,11,15H,3-5,10,12H2,1-2H3. The van der Waals surface area contributed by atoms with Gasteiger partial charge in [-0.15, -0.1) is 23.1 Å². The van der Waals surface area contributed by atoms with Crippen LogP contribution in [0.15, 0.2) is 44.4 Å². The predicted molar refractivity (Wildman–Crippen MR) is 135 cm³/mol. The predicted octanol–water partition coefficient (Wildman–Crippen LogP) is 3.98. The van der Waals surface area contributed by atoms with E-state index in [-0.39, 0.29) is 17.3 Å². The van der Waals surface area contributed by atoms with Crippen molar-refractivity contribution in [1.82, 2.24) is 8.87 Å². The molecule has 13 heteroatoms. The van der Waals surface area contributed by atoms with Gasteiger partial charge in [0.2, 0.25) is 0 Å². The largest absolute Gasteiger partial charge is 0.468 e. The maximum absolute atomic E-state index is 13.3. The quantitative estimate of drug-likeness (QED) is 0.335. The Kier molecular flexibility index (Phi) is 7.85. The number of amides is 1. The Hall–Kier alpha value is -1.70. The summed E-state index contributed by atoms with van der Waals surface area (Å²) in [5.74, 6) is -1.03. The number of fused-ring (bicyclic) bond motifs is 1. The van der Waals surface area contributed by atoms with Crippen LogP contribution >= 0.6 is 46.0 Å². The van der Waals surface area contributed by atoms with Crippen LogP contribution in [0.3, 0.4) is 0 Å². The number of ether oxygens (including phenoxy) is 1. The van der Waals surface area contributed by atoms with Gasteiger partial charge in [-0.05, 0) is 49.4 Å². The Morgan fingerprint density at radius 2 is 2.03 bits per heavy atom. The minimum absolute atomic E-state index is 0.101. The van der Waals surface area contributed by atoms with E-state index in [0.717, 1.165) is 32.9 Å². The van der Waals surface area contributed by atoms with E-state index in [4.69, 9.17) is 16.3 Å². The molecule has 0 aliphatic carbocycles. The Morgan fingerprint density at radius 3 is 2.71 bits per heavy atom. The fraction of sp³-hybridized carbons (Fsp3) is 0.381. The van der Waals surface area contributed by atoms with E-state index >= 15 is 0 Å². The average Bonchev–Trinajstić information content (AvgIpc) is 3.42. The van der Waals surface area contributed by atoms with Gasteiger partial charge in [0.15, 0.2) is 4.80 Å². The van der Waals surface area contributed by atoms with Crippen molar-refractivity contribution in [3.63, 3.8) is 0 Å². The summed E-state index contributed by atoms with van der Waals surface area (Å²) in [6.45, 7) is 0.122. The highest BCUT2D eigenvalue weighted by molar-refractivity contribution is 7.98. The minimum atomic E-state index is -3.89. The second kappa shape index (κ2) is 10.5. The van der Waals surface area contributed by atoms with Crippen LogP contribution < -0.4 is 4.80 Å². The fourth-order valence-electron chi connectivity index (χ4n) is 3.77. The zero-order valence-corrected chi connectivity index (χ0v) is 22.4. The van der Waals surface area contributed by atoms with Gasteiger partial charge >= 0.3 is 5.97 Å². The number of nitrogens with zero attached hydrogens (tertiary/aromatic N) is 3.